The van der Waals surface area contributed by atoms with Gasteiger partial charge >= 0.3 is 0 Å². The third-order valence-corrected chi connectivity index (χ3v) is 5.47. The molecule has 0 radical (unpaired) electrons. The number of carbonyl (C=O) groups excluding carboxylic acids is 1. The van der Waals surface area contributed by atoms with Gasteiger partial charge in [0.1, 0.15) is 0 Å². The monoisotopic (exact) mass is 259 g/mol. The minimum atomic E-state index is 0.258. The third-order valence-electron chi connectivity index (χ3n) is 5.47. The predicted molar refractivity (Wildman–Crippen MR) is 72.4 cm³/mol. The van der Waals surface area contributed by atoms with Crippen molar-refractivity contribution >= 4 is 5.78 Å². The van der Waals surface area contributed by atoms with Crippen molar-refractivity contribution in [2.75, 3.05) is 20.3 Å². The molecule has 2 fully saturated rings. The van der Waals surface area contributed by atoms with Crippen LogP contribution in [0.1, 0.15) is 19.3 Å². The summed E-state index contributed by atoms with van der Waals surface area (Å²) >= 11 is 0. The average molecular weight is 259 g/mol. The lowest BCUT2D eigenvalue weighted by molar-refractivity contribution is -0.121. The lowest BCUT2D eigenvalue weighted by Crippen LogP contribution is -2.35. The largest absolute Gasteiger partial charge is 0.383 e. The summed E-state index contributed by atoms with van der Waals surface area (Å²) in [5.74, 6) is 2.29. The Labute approximate surface area is 114 Å². The van der Waals surface area contributed by atoms with Crippen molar-refractivity contribution in [1.29, 1.82) is 0 Å². The van der Waals surface area contributed by atoms with Crippen molar-refractivity contribution < 1.29 is 9.53 Å². The number of carbonyl (C=O) groups is 1. The fourth-order valence-electron chi connectivity index (χ4n) is 4.65. The summed E-state index contributed by atoms with van der Waals surface area (Å²) in [4.78, 5) is 15.1. The summed E-state index contributed by atoms with van der Waals surface area (Å²) in [5, 5.41) is 0. The number of rotatable bonds is 3. The molecule has 4 rings (SSSR count). The maximum atomic E-state index is 12.7. The van der Waals surface area contributed by atoms with Gasteiger partial charge in [-0.1, -0.05) is 18.2 Å². The molecule has 102 valence electrons. The number of ketones is 1. The van der Waals surface area contributed by atoms with E-state index in [9.17, 15) is 4.79 Å². The van der Waals surface area contributed by atoms with Crippen molar-refractivity contribution in [3.8, 4) is 0 Å². The summed E-state index contributed by atoms with van der Waals surface area (Å²) in [6.45, 7) is 1.76. The van der Waals surface area contributed by atoms with Crippen LogP contribution in [0.4, 0.5) is 0 Å². The van der Waals surface area contributed by atoms with Gasteiger partial charge in [0.25, 0.3) is 0 Å². The zero-order chi connectivity index (χ0) is 13.0. The molecule has 1 aliphatic heterocycles. The van der Waals surface area contributed by atoms with Crippen molar-refractivity contribution in [1.82, 2.24) is 4.90 Å². The molecule has 2 bridgehead atoms. The quantitative estimate of drug-likeness (QED) is 0.726. The molecule has 1 saturated carbocycles. The first-order chi connectivity index (χ1) is 9.29. The minimum absolute atomic E-state index is 0.258. The molecule has 2 unspecified atom stereocenters. The van der Waals surface area contributed by atoms with Gasteiger partial charge in [0.05, 0.1) is 18.3 Å². The number of likely N-dealkylation sites (tertiary alicyclic amines) is 1. The molecule has 0 aromatic carbocycles. The Morgan fingerprint density at radius 3 is 3.00 bits per heavy atom. The molecule has 5 atom stereocenters. The van der Waals surface area contributed by atoms with E-state index in [1.165, 1.54) is 12.8 Å². The Bertz CT molecular complexity index is 467. The summed E-state index contributed by atoms with van der Waals surface area (Å²) in [6.07, 6.45) is 10.4. The van der Waals surface area contributed by atoms with E-state index < -0.39 is 0 Å². The molecule has 0 aromatic heterocycles. The molecule has 3 nitrogen and oxygen atoms in total. The van der Waals surface area contributed by atoms with E-state index >= 15 is 0 Å². The zero-order valence-corrected chi connectivity index (χ0v) is 11.4. The number of ether oxygens (including phenoxy) is 1. The van der Waals surface area contributed by atoms with Gasteiger partial charge in [-0.15, -0.1) is 0 Å². The van der Waals surface area contributed by atoms with Crippen molar-refractivity contribution in [2.24, 2.45) is 23.7 Å². The highest BCUT2D eigenvalue weighted by molar-refractivity contribution is 6.00. The molecule has 19 heavy (non-hydrogen) atoms. The molecular weight excluding hydrogens is 238 g/mol. The van der Waals surface area contributed by atoms with Crippen LogP contribution in [-0.4, -0.2) is 37.0 Å². The fraction of sp³-hybridized carbons (Fsp3) is 0.688. The normalized spacial score (nSPS) is 43.2. The van der Waals surface area contributed by atoms with Gasteiger partial charge < -0.3 is 9.64 Å². The Morgan fingerprint density at radius 2 is 2.21 bits per heavy atom. The molecule has 0 N–H and O–H groups in total. The molecule has 1 saturated heterocycles. The highest BCUT2D eigenvalue weighted by Gasteiger charge is 2.52. The first-order valence-corrected chi connectivity index (χ1v) is 7.49. The fourth-order valence-corrected chi connectivity index (χ4v) is 4.65. The second-order valence-electron chi connectivity index (χ2n) is 6.41. The SMILES string of the molecule is COC[C@@H]1CCCN1C1=CC2C(C1=O)[C@@H]1C=C[C@H]2C1. The average Bonchev–Trinajstić information content (AvgIpc) is 3.11. The number of nitrogens with zero attached hydrogens (tertiary/aromatic N) is 1. The molecule has 3 aliphatic carbocycles. The van der Waals surface area contributed by atoms with E-state index in [2.05, 4.69) is 23.1 Å². The maximum absolute atomic E-state index is 12.7. The highest BCUT2D eigenvalue weighted by atomic mass is 16.5. The number of hydrogen-bond donors (Lipinski definition) is 0. The molecular formula is C16H21NO2. The van der Waals surface area contributed by atoms with Crippen molar-refractivity contribution in [3.63, 3.8) is 0 Å². The van der Waals surface area contributed by atoms with Crippen LogP contribution in [-0.2, 0) is 9.53 Å². The van der Waals surface area contributed by atoms with Crippen LogP contribution in [0.5, 0.6) is 0 Å². The van der Waals surface area contributed by atoms with Gasteiger partial charge in [0.2, 0.25) is 0 Å². The smallest absolute Gasteiger partial charge is 0.182 e. The lowest BCUT2D eigenvalue weighted by Gasteiger charge is -2.27. The number of allylic oxidation sites excluding steroid dienone is 4. The minimum Gasteiger partial charge on any atom is -0.383 e. The molecule has 3 heteroatoms. The van der Waals surface area contributed by atoms with E-state index in [0.29, 0.717) is 29.6 Å². The van der Waals surface area contributed by atoms with Crippen LogP contribution in [0.2, 0.25) is 0 Å². The van der Waals surface area contributed by atoms with Crippen LogP contribution < -0.4 is 0 Å². The van der Waals surface area contributed by atoms with E-state index in [0.717, 1.165) is 25.3 Å². The van der Waals surface area contributed by atoms with Gasteiger partial charge in [-0.2, -0.15) is 0 Å². The van der Waals surface area contributed by atoms with Crippen LogP contribution in [0, 0.1) is 23.7 Å². The second kappa shape index (κ2) is 4.20. The van der Waals surface area contributed by atoms with Gasteiger partial charge in [-0.3, -0.25) is 4.79 Å². The summed E-state index contributed by atoms with van der Waals surface area (Å²) in [7, 11) is 1.75. The Balaban J connectivity index is 1.60. The third kappa shape index (κ3) is 1.57. The van der Waals surface area contributed by atoms with Gasteiger partial charge in [0, 0.05) is 19.6 Å². The summed E-state index contributed by atoms with van der Waals surface area (Å²) < 4.78 is 5.31. The number of fused-ring (bicyclic) bond motifs is 5. The van der Waals surface area contributed by atoms with Crippen molar-refractivity contribution in [2.45, 2.75) is 25.3 Å². The van der Waals surface area contributed by atoms with Crippen LogP contribution >= 0.6 is 0 Å². The van der Waals surface area contributed by atoms with Crippen LogP contribution in [0.15, 0.2) is 23.9 Å². The number of hydrogen-bond acceptors (Lipinski definition) is 3. The lowest BCUT2D eigenvalue weighted by atomic mass is 9.85. The van der Waals surface area contributed by atoms with Crippen molar-refractivity contribution in [3.05, 3.63) is 23.9 Å². The molecule has 0 spiro atoms. The Kier molecular flexibility index (Phi) is 2.59. The predicted octanol–water partition coefficient (Wildman–Crippen LogP) is 2.00. The molecule has 0 amide bonds. The summed E-state index contributed by atoms with van der Waals surface area (Å²) in [6, 6.07) is 0.407. The van der Waals surface area contributed by atoms with Crippen LogP contribution in [0.25, 0.3) is 0 Å². The maximum Gasteiger partial charge on any atom is 0.182 e. The van der Waals surface area contributed by atoms with E-state index in [1.807, 2.05) is 0 Å². The standard InChI is InChI=1S/C16H21NO2/c1-19-9-12-3-2-6-17(12)14-8-13-10-4-5-11(7-10)15(13)16(14)18/h4-5,8,10-13,15H,2-3,6-7,9H2,1H3/t10-,11+,12-,13?,15?/m0/s1. The number of Topliss-reactive ketones (excluding diaryl/α,β-unsaturated/α-hetero) is 1. The second-order valence-corrected chi connectivity index (χ2v) is 6.41. The van der Waals surface area contributed by atoms with E-state index in [1.54, 1.807) is 7.11 Å². The first-order valence-electron chi connectivity index (χ1n) is 7.49. The molecule has 1 heterocycles. The summed E-state index contributed by atoms with van der Waals surface area (Å²) in [5.41, 5.74) is 1.01. The molecule has 0 aromatic rings. The Morgan fingerprint density at radius 1 is 1.37 bits per heavy atom. The first kappa shape index (κ1) is 11.7. The number of methoxy groups -OCH3 is 1. The van der Waals surface area contributed by atoms with Gasteiger partial charge in [0.15, 0.2) is 5.78 Å². The van der Waals surface area contributed by atoms with Gasteiger partial charge in [-0.25, -0.2) is 0 Å². The van der Waals surface area contributed by atoms with E-state index in [4.69, 9.17) is 4.74 Å². The zero-order valence-electron chi connectivity index (χ0n) is 11.4. The topological polar surface area (TPSA) is 29.5 Å². The highest BCUT2D eigenvalue weighted by Crippen LogP contribution is 2.53. The van der Waals surface area contributed by atoms with E-state index in [-0.39, 0.29) is 5.92 Å². The van der Waals surface area contributed by atoms with Gasteiger partial charge in [-0.05, 0) is 37.0 Å². The van der Waals surface area contributed by atoms with Crippen LogP contribution in [0.3, 0.4) is 0 Å². The Hall–Kier alpha value is -1.09. The molecule has 4 aliphatic rings.